The summed E-state index contributed by atoms with van der Waals surface area (Å²) in [4.78, 5) is 0.100. The summed E-state index contributed by atoms with van der Waals surface area (Å²) in [5.74, 6) is 0. The molecule has 1 unspecified atom stereocenters. The molecule has 1 aromatic carbocycles. The van der Waals surface area contributed by atoms with Gasteiger partial charge in [0.1, 0.15) is 0 Å². The molecule has 0 fully saturated rings. The van der Waals surface area contributed by atoms with E-state index in [0.717, 1.165) is 0 Å². The molecule has 84 valence electrons. The second-order valence-corrected chi connectivity index (χ2v) is 5.04. The Balaban J connectivity index is 2.87. The van der Waals surface area contributed by atoms with Crippen LogP contribution in [0.1, 0.15) is 6.92 Å². The van der Waals surface area contributed by atoms with Crippen LogP contribution in [0.15, 0.2) is 29.2 Å². The lowest BCUT2D eigenvalue weighted by molar-refractivity contribution is 0.198. The van der Waals surface area contributed by atoms with Crippen molar-refractivity contribution in [2.45, 2.75) is 17.9 Å². The smallest absolute Gasteiger partial charge is 0.240 e. The minimum absolute atomic E-state index is 0.0167. The molecule has 0 saturated carbocycles. The summed E-state index contributed by atoms with van der Waals surface area (Å²) in [6, 6.07) is 5.98. The molecule has 0 saturated heterocycles. The standard InChI is InChI=1S/C9H14N2O3S/c1-7(12)6-11-15(13,14)9-4-2-3-8(10)5-9/h2-5,7,11-12H,6,10H2,1H3. The summed E-state index contributed by atoms with van der Waals surface area (Å²) in [5.41, 5.74) is 5.85. The number of anilines is 1. The van der Waals surface area contributed by atoms with E-state index < -0.39 is 16.1 Å². The third-order valence-corrected chi connectivity index (χ3v) is 3.16. The highest BCUT2D eigenvalue weighted by atomic mass is 32.2. The van der Waals surface area contributed by atoms with Gasteiger partial charge in [0, 0.05) is 12.2 Å². The van der Waals surface area contributed by atoms with Crippen LogP contribution in [0.2, 0.25) is 0 Å². The highest BCUT2D eigenvalue weighted by Crippen LogP contribution is 2.12. The Labute approximate surface area is 89.0 Å². The molecular weight excluding hydrogens is 216 g/mol. The van der Waals surface area contributed by atoms with Crippen molar-refractivity contribution in [3.8, 4) is 0 Å². The SMILES string of the molecule is CC(O)CNS(=O)(=O)c1cccc(N)c1. The number of nitrogen functional groups attached to an aromatic ring is 1. The lowest BCUT2D eigenvalue weighted by atomic mass is 10.3. The van der Waals surface area contributed by atoms with E-state index >= 15 is 0 Å². The number of nitrogens with two attached hydrogens (primary N) is 1. The molecule has 0 radical (unpaired) electrons. The molecule has 15 heavy (non-hydrogen) atoms. The zero-order valence-corrected chi connectivity index (χ0v) is 9.16. The lowest BCUT2D eigenvalue weighted by Crippen LogP contribution is -2.30. The van der Waals surface area contributed by atoms with Gasteiger partial charge in [0.05, 0.1) is 11.0 Å². The van der Waals surface area contributed by atoms with Gasteiger partial charge in [-0.05, 0) is 25.1 Å². The van der Waals surface area contributed by atoms with Crippen molar-refractivity contribution in [1.29, 1.82) is 0 Å². The third-order valence-electron chi connectivity index (χ3n) is 1.74. The summed E-state index contributed by atoms with van der Waals surface area (Å²) in [7, 11) is -3.57. The second kappa shape index (κ2) is 4.61. The summed E-state index contributed by atoms with van der Waals surface area (Å²) >= 11 is 0. The van der Waals surface area contributed by atoms with Gasteiger partial charge >= 0.3 is 0 Å². The maximum absolute atomic E-state index is 11.6. The molecule has 1 aromatic rings. The number of sulfonamides is 1. The minimum atomic E-state index is -3.57. The van der Waals surface area contributed by atoms with E-state index in [1.54, 1.807) is 12.1 Å². The molecule has 0 amide bonds. The van der Waals surface area contributed by atoms with Crippen LogP contribution in [0.3, 0.4) is 0 Å². The highest BCUT2D eigenvalue weighted by Gasteiger charge is 2.14. The number of aliphatic hydroxyl groups excluding tert-OH is 1. The molecule has 0 aliphatic heterocycles. The largest absolute Gasteiger partial charge is 0.399 e. The van der Waals surface area contributed by atoms with Crippen molar-refractivity contribution in [3.63, 3.8) is 0 Å². The van der Waals surface area contributed by atoms with Crippen LogP contribution < -0.4 is 10.5 Å². The predicted molar refractivity (Wildman–Crippen MR) is 57.7 cm³/mol. The van der Waals surface area contributed by atoms with E-state index in [1.807, 2.05) is 0 Å². The maximum atomic E-state index is 11.6. The first kappa shape index (κ1) is 12.0. The summed E-state index contributed by atoms with van der Waals surface area (Å²) in [6.07, 6.45) is -0.721. The Morgan fingerprint density at radius 1 is 1.53 bits per heavy atom. The van der Waals surface area contributed by atoms with E-state index in [1.165, 1.54) is 19.1 Å². The van der Waals surface area contributed by atoms with Gasteiger partial charge in [0.2, 0.25) is 10.0 Å². The number of hydrogen-bond donors (Lipinski definition) is 3. The first-order valence-corrected chi connectivity index (χ1v) is 5.93. The van der Waals surface area contributed by atoms with Crippen LogP contribution in [-0.4, -0.2) is 26.2 Å². The average Bonchev–Trinajstić information content (AvgIpc) is 2.15. The molecule has 0 aromatic heterocycles. The fraction of sp³-hybridized carbons (Fsp3) is 0.333. The van der Waals surface area contributed by atoms with Crippen molar-refractivity contribution in [2.75, 3.05) is 12.3 Å². The topological polar surface area (TPSA) is 92.4 Å². The van der Waals surface area contributed by atoms with Gasteiger partial charge in [-0.1, -0.05) is 6.07 Å². The molecular formula is C9H14N2O3S. The monoisotopic (exact) mass is 230 g/mol. The number of rotatable bonds is 4. The third kappa shape index (κ3) is 3.50. The van der Waals surface area contributed by atoms with E-state index in [4.69, 9.17) is 10.8 Å². The van der Waals surface area contributed by atoms with E-state index in [9.17, 15) is 8.42 Å². The Morgan fingerprint density at radius 2 is 2.20 bits per heavy atom. The van der Waals surface area contributed by atoms with Crippen LogP contribution in [0.4, 0.5) is 5.69 Å². The molecule has 5 nitrogen and oxygen atoms in total. The summed E-state index contributed by atoms with van der Waals surface area (Å²) in [6.45, 7) is 1.49. The number of benzene rings is 1. The van der Waals surface area contributed by atoms with Crippen LogP contribution in [0.5, 0.6) is 0 Å². The van der Waals surface area contributed by atoms with Gasteiger partial charge in [0.15, 0.2) is 0 Å². The Bertz CT molecular complexity index is 429. The Morgan fingerprint density at radius 3 is 2.73 bits per heavy atom. The van der Waals surface area contributed by atoms with Crippen molar-refractivity contribution >= 4 is 15.7 Å². The number of hydrogen-bond acceptors (Lipinski definition) is 4. The van der Waals surface area contributed by atoms with E-state index in [2.05, 4.69) is 4.72 Å². The molecule has 4 N–H and O–H groups in total. The number of nitrogens with one attached hydrogen (secondary N) is 1. The molecule has 6 heteroatoms. The molecule has 1 rings (SSSR count). The summed E-state index contributed by atoms with van der Waals surface area (Å²) in [5, 5.41) is 8.97. The van der Waals surface area contributed by atoms with Gasteiger partial charge in [-0.2, -0.15) is 0 Å². The normalized spacial score (nSPS) is 13.7. The molecule has 0 aliphatic rings. The van der Waals surface area contributed by atoms with Crippen LogP contribution in [-0.2, 0) is 10.0 Å². The molecule has 0 aliphatic carbocycles. The fourth-order valence-corrected chi connectivity index (χ4v) is 2.17. The van der Waals surface area contributed by atoms with Gasteiger partial charge in [-0.15, -0.1) is 0 Å². The van der Waals surface area contributed by atoms with Crippen LogP contribution >= 0.6 is 0 Å². The molecule has 1 atom stereocenters. The minimum Gasteiger partial charge on any atom is -0.399 e. The van der Waals surface area contributed by atoms with Crippen molar-refractivity contribution in [3.05, 3.63) is 24.3 Å². The number of aliphatic hydroxyl groups is 1. The average molecular weight is 230 g/mol. The lowest BCUT2D eigenvalue weighted by Gasteiger charge is -2.08. The van der Waals surface area contributed by atoms with Crippen molar-refractivity contribution < 1.29 is 13.5 Å². The van der Waals surface area contributed by atoms with Gasteiger partial charge in [0.25, 0.3) is 0 Å². The molecule has 0 heterocycles. The van der Waals surface area contributed by atoms with E-state index in [0.29, 0.717) is 5.69 Å². The quantitative estimate of drug-likeness (QED) is 0.631. The van der Waals surface area contributed by atoms with Gasteiger partial charge in [-0.3, -0.25) is 0 Å². The molecule has 0 bridgehead atoms. The zero-order chi connectivity index (χ0) is 11.5. The van der Waals surface area contributed by atoms with Gasteiger partial charge in [-0.25, -0.2) is 13.1 Å². The van der Waals surface area contributed by atoms with E-state index in [-0.39, 0.29) is 11.4 Å². The first-order chi connectivity index (χ1) is 6.92. The Hall–Kier alpha value is -1.11. The Kier molecular flexibility index (Phi) is 3.67. The van der Waals surface area contributed by atoms with Gasteiger partial charge < -0.3 is 10.8 Å². The summed E-state index contributed by atoms with van der Waals surface area (Å²) < 4.78 is 25.5. The van der Waals surface area contributed by atoms with Crippen molar-refractivity contribution in [1.82, 2.24) is 4.72 Å². The second-order valence-electron chi connectivity index (χ2n) is 3.27. The predicted octanol–water partition coefficient (Wildman–Crippen LogP) is -0.0721. The molecule has 0 spiro atoms. The zero-order valence-electron chi connectivity index (χ0n) is 8.34. The maximum Gasteiger partial charge on any atom is 0.240 e. The fourth-order valence-electron chi connectivity index (χ4n) is 0.995. The van der Waals surface area contributed by atoms with Crippen molar-refractivity contribution in [2.24, 2.45) is 0 Å². The van der Waals surface area contributed by atoms with Crippen LogP contribution in [0, 0.1) is 0 Å². The highest BCUT2D eigenvalue weighted by molar-refractivity contribution is 7.89. The van der Waals surface area contributed by atoms with Crippen LogP contribution in [0.25, 0.3) is 0 Å². The first-order valence-electron chi connectivity index (χ1n) is 4.45.